The van der Waals surface area contributed by atoms with E-state index >= 15 is 0 Å². The predicted octanol–water partition coefficient (Wildman–Crippen LogP) is 1.95. The molecule has 2 aromatic rings. The van der Waals surface area contributed by atoms with Crippen LogP contribution in [0.15, 0.2) is 30.5 Å². The third-order valence-electron chi connectivity index (χ3n) is 5.00. The first-order valence-electron chi connectivity index (χ1n) is 7.76. The molecule has 4 rings (SSSR count). The standard InChI is InChI=1S/C17H20N2O3/c1-21-9-13-15(12-5-7-22-16(12)13)19-17(20)11-3-2-10-4-6-18-14(10)8-11/h2-4,6,8,12-13,15-16,18H,5,7,9H2,1H3,(H,19,20)/t12-,13+,15+,16-/m1/s1. The molecule has 2 aliphatic rings. The zero-order valence-corrected chi connectivity index (χ0v) is 12.5. The SMILES string of the molecule is COC[C@H]1[C@@H](NC(=O)c2ccc3cc[nH]c3c2)[C@H]2CCO[C@H]21. The van der Waals surface area contributed by atoms with E-state index in [2.05, 4.69) is 10.3 Å². The Morgan fingerprint density at radius 1 is 1.45 bits per heavy atom. The number of methoxy groups -OCH3 is 1. The number of benzene rings is 1. The second-order valence-corrected chi connectivity index (χ2v) is 6.19. The van der Waals surface area contributed by atoms with Crippen LogP contribution in [-0.4, -0.2) is 43.4 Å². The van der Waals surface area contributed by atoms with Gasteiger partial charge in [0.15, 0.2) is 0 Å². The number of rotatable bonds is 4. The van der Waals surface area contributed by atoms with Gasteiger partial charge in [0, 0.05) is 48.9 Å². The van der Waals surface area contributed by atoms with E-state index in [4.69, 9.17) is 9.47 Å². The Morgan fingerprint density at radius 2 is 2.36 bits per heavy atom. The summed E-state index contributed by atoms with van der Waals surface area (Å²) in [5.41, 5.74) is 1.67. The Hall–Kier alpha value is -1.85. The van der Waals surface area contributed by atoms with Gasteiger partial charge in [0.1, 0.15) is 0 Å². The fraction of sp³-hybridized carbons (Fsp3) is 0.471. The molecule has 2 N–H and O–H groups in total. The van der Waals surface area contributed by atoms with Crippen LogP contribution in [0.3, 0.4) is 0 Å². The largest absolute Gasteiger partial charge is 0.384 e. The van der Waals surface area contributed by atoms with Crippen molar-refractivity contribution in [2.24, 2.45) is 11.8 Å². The molecule has 0 bridgehead atoms. The van der Waals surface area contributed by atoms with Crippen molar-refractivity contribution >= 4 is 16.8 Å². The molecule has 116 valence electrons. The van der Waals surface area contributed by atoms with Gasteiger partial charge in [-0.2, -0.15) is 0 Å². The molecule has 0 radical (unpaired) electrons. The lowest BCUT2D eigenvalue weighted by atomic mass is 9.67. The molecule has 1 saturated carbocycles. The monoisotopic (exact) mass is 300 g/mol. The molecule has 0 spiro atoms. The summed E-state index contributed by atoms with van der Waals surface area (Å²) in [6, 6.07) is 7.89. The lowest BCUT2D eigenvalue weighted by molar-refractivity contribution is -0.0809. The number of hydrogen-bond acceptors (Lipinski definition) is 3. The van der Waals surface area contributed by atoms with Crippen LogP contribution in [-0.2, 0) is 9.47 Å². The highest BCUT2D eigenvalue weighted by Gasteiger charge is 2.54. The van der Waals surface area contributed by atoms with Gasteiger partial charge in [-0.25, -0.2) is 0 Å². The van der Waals surface area contributed by atoms with E-state index in [0.29, 0.717) is 18.1 Å². The van der Waals surface area contributed by atoms with E-state index in [1.165, 1.54) is 0 Å². The molecule has 2 fully saturated rings. The molecular weight excluding hydrogens is 280 g/mol. The normalized spacial score (nSPS) is 30.0. The van der Waals surface area contributed by atoms with Crippen LogP contribution < -0.4 is 5.32 Å². The number of aromatic amines is 1. The van der Waals surface area contributed by atoms with Crippen LogP contribution in [0.5, 0.6) is 0 Å². The maximum atomic E-state index is 12.5. The zero-order chi connectivity index (χ0) is 15.1. The van der Waals surface area contributed by atoms with Crippen LogP contribution in [0.2, 0.25) is 0 Å². The molecule has 5 heteroatoms. The van der Waals surface area contributed by atoms with Gasteiger partial charge in [0.05, 0.1) is 12.7 Å². The molecule has 1 saturated heterocycles. The minimum absolute atomic E-state index is 0.0204. The first kappa shape index (κ1) is 13.8. The van der Waals surface area contributed by atoms with Gasteiger partial charge in [0.25, 0.3) is 5.91 Å². The van der Waals surface area contributed by atoms with Gasteiger partial charge < -0.3 is 19.8 Å². The highest BCUT2D eigenvalue weighted by Crippen LogP contribution is 2.43. The van der Waals surface area contributed by atoms with E-state index in [0.717, 1.165) is 23.9 Å². The number of H-pyrrole nitrogens is 1. The van der Waals surface area contributed by atoms with Gasteiger partial charge in [-0.3, -0.25) is 4.79 Å². The topological polar surface area (TPSA) is 63.3 Å². The molecular formula is C17H20N2O3. The Bertz CT molecular complexity index is 696. The van der Waals surface area contributed by atoms with Crippen molar-refractivity contribution in [1.29, 1.82) is 0 Å². The summed E-state index contributed by atoms with van der Waals surface area (Å²) in [5, 5.41) is 4.30. The van der Waals surface area contributed by atoms with Crippen LogP contribution >= 0.6 is 0 Å². The average Bonchev–Trinajstić information content (AvgIpc) is 3.16. The number of aromatic nitrogens is 1. The predicted molar refractivity (Wildman–Crippen MR) is 82.8 cm³/mol. The molecule has 1 amide bonds. The maximum absolute atomic E-state index is 12.5. The number of hydrogen-bond donors (Lipinski definition) is 2. The minimum atomic E-state index is -0.0204. The molecule has 4 atom stereocenters. The summed E-state index contributed by atoms with van der Waals surface area (Å²) in [7, 11) is 1.69. The summed E-state index contributed by atoms with van der Waals surface area (Å²) in [5.74, 6) is 0.668. The van der Waals surface area contributed by atoms with Gasteiger partial charge in [-0.15, -0.1) is 0 Å². The van der Waals surface area contributed by atoms with Crippen molar-refractivity contribution < 1.29 is 14.3 Å². The molecule has 1 aliphatic heterocycles. The molecule has 5 nitrogen and oxygen atoms in total. The molecule has 1 aliphatic carbocycles. The fourth-order valence-corrected chi connectivity index (χ4v) is 3.86. The lowest BCUT2D eigenvalue weighted by Crippen LogP contribution is -2.62. The summed E-state index contributed by atoms with van der Waals surface area (Å²) < 4.78 is 11.0. The molecule has 22 heavy (non-hydrogen) atoms. The number of carbonyl (C=O) groups is 1. The second-order valence-electron chi connectivity index (χ2n) is 6.19. The van der Waals surface area contributed by atoms with Gasteiger partial charge in [-0.05, 0) is 30.0 Å². The lowest BCUT2D eigenvalue weighted by Gasteiger charge is -2.47. The summed E-state index contributed by atoms with van der Waals surface area (Å²) >= 11 is 0. The van der Waals surface area contributed by atoms with Crippen molar-refractivity contribution in [3.05, 3.63) is 36.0 Å². The first-order valence-corrected chi connectivity index (χ1v) is 7.76. The molecule has 0 unspecified atom stereocenters. The number of carbonyl (C=O) groups excluding carboxylic acids is 1. The quantitative estimate of drug-likeness (QED) is 0.907. The second kappa shape index (κ2) is 5.41. The van der Waals surface area contributed by atoms with Crippen molar-refractivity contribution in [3.8, 4) is 0 Å². The maximum Gasteiger partial charge on any atom is 0.251 e. The van der Waals surface area contributed by atoms with Gasteiger partial charge in [0.2, 0.25) is 0 Å². The number of amides is 1. The Balaban J connectivity index is 1.50. The van der Waals surface area contributed by atoms with E-state index in [1.54, 1.807) is 7.11 Å². The smallest absolute Gasteiger partial charge is 0.251 e. The van der Waals surface area contributed by atoms with Crippen LogP contribution in [0.4, 0.5) is 0 Å². The highest BCUT2D eigenvalue weighted by atomic mass is 16.5. The molecule has 1 aromatic carbocycles. The Kier molecular flexibility index (Phi) is 3.39. The highest BCUT2D eigenvalue weighted by molar-refractivity contribution is 5.98. The van der Waals surface area contributed by atoms with Crippen LogP contribution in [0.25, 0.3) is 10.9 Å². The first-order chi connectivity index (χ1) is 10.8. The summed E-state index contributed by atoms with van der Waals surface area (Å²) in [4.78, 5) is 15.7. The third-order valence-corrected chi connectivity index (χ3v) is 5.00. The average molecular weight is 300 g/mol. The fourth-order valence-electron chi connectivity index (χ4n) is 3.86. The van der Waals surface area contributed by atoms with Crippen molar-refractivity contribution in [2.75, 3.05) is 20.3 Å². The van der Waals surface area contributed by atoms with Crippen LogP contribution in [0.1, 0.15) is 16.8 Å². The van der Waals surface area contributed by atoms with E-state index in [-0.39, 0.29) is 24.0 Å². The van der Waals surface area contributed by atoms with Crippen molar-refractivity contribution in [1.82, 2.24) is 10.3 Å². The Morgan fingerprint density at radius 3 is 3.23 bits per heavy atom. The third kappa shape index (κ3) is 2.12. The zero-order valence-electron chi connectivity index (χ0n) is 12.5. The minimum Gasteiger partial charge on any atom is -0.384 e. The summed E-state index contributed by atoms with van der Waals surface area (Å²) in [6.07, 6.45) is 3.15. The van der Waals surface area contributed by atoms with Gasteiger partial charge >= 0.3 is 0 Å². The Labute approximate surface area is 129 Å². The number of ether oxygens (including phenoxy) is 2. The number of fused-ring (bicyclic) bond motifs is 2. The van der Waals surface area contributed by atoms with E-state index < -0.39 is 0 Å². The van der Waals surface area contributed by atoms with Crippen molar-refractivity contribution in [2.45, 2.75) is 18.6 Å². The van der Waals surface area contributed by atoms with E-state index in [9.17, 15) is 4.79 Å². The van der Waals surface area contributed by atoms with Gasteiger partial charge in [-0.1, -0.05) is 6.07 Å². The van der Waals surface area contributed by atoms with E-state index in [1.807, 2.05) is 30.5 Å². The molecule has 2 heterocycles. The van der Waals surface area contributed by atoms with Crippen molar-refractivity contribution in [3.63, 3.8) is 0 Å². The molecule has 1 aromatic heterocycles. The summed E-state index contributed by atoms with van der Waals surface area (Å²) in [6.45, 7) is 1.41. The number of nitrogens with one attached hydrogen (secondary N) is 2. The van der Waals surface area contributed by atoms with Crippen LogP contribution in [0, 0.1) is 11.8 Å².